The number of hydrogen-bond acceptors (Lipinski definition) is 3. The summed E-state index contributed by atoms with van der Waals surface area (Å²) < 4.78 is 5.28. The Bertz CT molecular complexity index is 311. The molecule has 1 aromatic carbocycles. The van der Waals surface area contributed by atoms with Crippen LogP contribution in [0.5, 0.6) is 5.75 Å². The summed E-state index contributed by atoms with van der Waals surface area (Å²) in [6.45, 7) is 3.13. The summed E-state index contributed by atoms with van der Waals surface area (Å²) in [7, 11) is 0. The molecule has 0 aliphatic heterocycles. The third-order valence-electron chi connectivity index (χ3n) is 1.82. The van der Waals surface area contributed by atoms with Gasteiger partial charge in [-0.05, 0) is 31.2 Å². The molecule has 1 rings (SSSR count). The van der Waals surface area contributed by atoms with Crippen LogP contribution in [-0.2, 0) is 0 Å². The van der Waals surface area contributed by atoms with Gasteiger partial charge in [-0.15, -0.1) is 0 Å². The molecular weight excluding hydrogens is 210 g/mol. The molecule has 4 heteroatoms. The van der Waals surface area contributed by atoms with E-state index in [0.29, 0.717) is 24.5 Å². The maximum Gasteiger partial charge on any atom is 0.251 e. The highest BCUT2D eigenvalue weighted by atomic mass is 32.1. The van der Waals surface area contributed by atoms with Crippen LogP contribution >= 0.6 is 12.6 Å². The van der Waals surface area contributed by atoms with Gasteiger partial charge in [0.15, 0.2) is 0 Å². The molecule has 0 saturated heterocycles. The van der Waals surface area contributed by atoms with Crippen LogP contribution in [0, 0.1) is 0 Å². The summed E-state index contributed by atoms with van der Waals surface area (Å²) in [6, 6.07) is 7.08. The van der Waals surface area contributed by atoms with Gasteiger partial charge >= 0.3 is 0 Å². The van der Waals surface area contributed by atoms with Gasteiger partial charge in [-0.2, -0.15) is 12.6 Å². The molecule has 0 spiro atoms. The van der Waals surface area contributed by atoms with Crippen molar-refractivity contribution in [3.05, 3.63) is 29.8 Å². The van der Waals surface area contributed by atoms with Gasteiger partial charge < -0.3 is 10.1 Å². The van der Waals surface area contributed by atoms with Crippen molar-refractivity contribution in [2.75, 3.05) is 18.9 Å². The summed E-state index contributed by atoms with van der Waals surface area (Å²) in [6.07, 6.45) is 0. The SMILES string of the molecule is CCOc1ccc(C(=O)NCCS)cc1. The molecule has 15 heavy (non-hydrogen) atoms. The number of hydrogen-bond donors (Lipinski definition) is 2. The van der Waals surface area contributed by atoms with Crippen molar-refractivity contribution in [1.82, 2.24) is 5.32 Å². The molecule has 0 atom stereocenters. The van der Waals surface area contributed by atoms with E-state index >= 15 is 0 Å². The van der Waals surface area contributed by atoms with Gasteiger partial charge in [-0.25, -0.2) is 0 Å². The fourth-order valence-corrected chi connectivity index (χ4v) is 1.25. The van der Waals surface area contributed by atoms with Gasteiger partial charge in [0.25, 0.3) is 5.91 Å². The summed E-state index contributed by atoms with van der Waals surface area (Å²) in [4.78, 5) is 11.5. The molecule has 0 saturated carbocycles. The number of benzene rings is 1. The van der Waals surface area contributed by atoms with E-state index in [-0.39, 0.29) is 5.91 Å². The molecule has 82 valence electrons. The second kappa shape index (κ2) is 6.35. The molecule has 1 amide bonds. The molecule has 0 heterocycles. The van der Waals surface area contributed by atoms with Gasteiger partial charge in [0.2, 0.25) is 0 Å². The van der Waals surface area contributed by atoms with E-state index in [1.54, 1.807) is 24.3 Å². The van der Waals surface area contributed by atoms with Gasteiger partial charge in [0, 0.05) is 17.9 Å². The average Bonchev–Trinajstić information content (AvgIpc) is 2.27. The highest BCUT2D eigenvalue weighted by Gasteiger charge is 2.03. The van der Waals surface area contributed by atoms with E-state index < -0.39 is 0 Å². The second-order valence-electron chi connectivity index (χ2n) is 2.94. The van der Waals surface area contributed by atoms with Crippen molar-refractivity contribution in [3.63, 3.8) is 0 Å². The van der Waals surface area contributed by atoms with Crippen LogP contribution in [0.2, 0.25) is 0 Å². The minimum absolute atomic E-state index is 0.0768. The predicted octanol–water partition coefficient (Wildman–Crippen LogP) is 1.74. The molecule has 0 fully saturated rings. The van der Waals surface area contributed by atoms with E-state index in [4.69, 9.17) is 4.74 Å². The van der Waals surface area contributed by atoms with Crippen molar-refractivity contribution in [2.24, 2.45) is 0 Å². The Morgan fingerprint density at radius 2 is 2.07 bits per heavy atom. The first-order valence-corrected chi connectivity index (χ1v) is 5.53. The highest BCUT2D eigenvalue weighted by Crippen LogP contribution is 2.11. The number of carbonyl (C=O) groups excluding carboxylic acids is 1. The molecule has 0 bridgehead atoms. The van der Waals surface area contributed by atoms with Gasteiger partial charge in [0.05, 0.1) is 6.61 Å². The smallest absolute Gasteiger partial charge is 0.251 e. The molecular formula is C11H15NO2S. The molecule has 1 aromatic rings. The lowest BCUT2D eigenvalue weighted by atomic mass is 10.2. The minimum atomic E-state index is -0.0768. The Balaban J connectivity index is 2.58. The van der Waals surface area contributed by atoms with Crippen LogP contribution in [-0.4, -0.2) is 24.8 Å². The van der Waals surface area contributed by atoms with Crippen LogP contribution < -0.4 is 10.1 Å². The first-order valence-electron chi connectivity index (χ1n) is 4.90. The second-order valence-corrected chi connectivity index (χ2v) is 3.38. The van der Waals surface area contributed by atoms with Crippen molar-refractivity contribution in [2.45, 2.75) is 6.92 Å². The lowest BCUT2D eigenvalue weighted by molar-refractivity contribution is 0.0956. The molecule has 0 aliphatic carbocycles. The number of rotatable bonds is 5. The van der Waals surface area contributed by atoms with Crippen molar-refractivity contribution in [3.8, 4) is 5.75 Å². The van der Waals surface area contributed by atoms with Gasteiger partial charge in [-0.3, -0.25) is 4.79 Å². The maximum atomic E-state index is 11.5. The van der Waals surface area contributed by atoms with Gasteiger partial charge in [-0.1, -0.05) is 0 Å². The van der Waals surface area contributed by atoms with E-state index in [2.05, 4.69) is 17.9 Å². The third kappa shape index (κ3) is 3.83. The van der Waals surface area contributed by atoms with Crippen LogP contribution in [0.1, 0.15) is 17.3 Å². The van der Waals surface area contributed by atoms with Crippen molar-refractivity contribution >= 4 is 18.5 Å². The number of thiol groups is 1. The highest BCUT2D eigenvalue weighted by molar-refractivity contribution is 7.80. The Kier molecular flexibility index (Phi) is 5.04. The normalized spacial score (nSPS) is 9.73. The lowest BCUT2D eigenvalue weighted by Crippen LogP contribution is -2.25. The predicted molar refractivity (Wildman–Crippen MR) is 63.8 cm³/mol. The maximum absolute atomic E-state index is 11.5. The largest absolute Gasteiger partial charge is 0.494 e. The summed E-state index contributed by atoms with van der Waals surface area (Å²) in [5, 5.41) is 2.74. The number of nitrogens with one attached hydrogen (secondary N) is 1. The van der Waals surface area contributed by atoms with E-state index in [9.17, 15) is 4.79 Å². The summed E-state index contributed by atoms with van der Waals surface area (Å²) in [5.74, 6) is 1.35. The lowest BCUT2D eigenvalue weighted by Gasteiger charge is -2.05. The Morgan fingerprint density at radius 3 is 2.60 bits per heavy atom. The van der Waals surface area contributed by atoms with Crippen LogP contribution in [0.3, 0.4) is 0 Å². The number of carbonyl (C=O) groups is 1. The topological polar surface area (TPSA) is 38.3 Å². The molecule has 0 aliphatic rings. The molecule has 0 aromatic heterocycles. The van der Waals surface area contributed by atoms with Gasteiger partial charge in [0.1, 0.15) is 5.75 Å². The molecule has 0 unspecified atom stereocenters. The standard InChI is InChI=1S/C11H15NO2S/c1-2-14-10-5-3-9(4-6-10)11(13)12-7-8-15/h3-6,15H,2,7-8H2,1H3,(H,12,13). The fraction of sp³-hybridized carbons (Fsp3) is 0.364. The van der Waals surface area contributed by atoms with E-state index in [1.165, 1.54) is 0 Å². The number of amides is 1. The Labute approximate surface area is 95.2 Å². The molecule has 1 N–H and O–H groups in total. The van der Waals surface area contributed by atoms with Crippen molar-refractivity contribution in [1.29, 1.82) is 0 Å². The third-order valence-corrected chi connectivity index (χ3v) is 2.05. The Morgan fingerprint density at radius 1 is 1.40 bits per heavy atom. The monoisotopic (exact) mass is 225 g/mol. The zero-order chi connectivity index (χ0) is 11.1. The zero-order valence-corrected chi connectivity index (χ0v) is 9.59. The quantitative estimate of drug-likeness (QED) is 0.749. The average molecular weight is 225 g/mol. The first kappa shape index (κ1) is 11.9. The summed E-state index contributed by atoms with van der Waals surface area (Å²) >= 11 is 4.02. The zero-order valence-electron chi connectivity index (χ0n) is 8.69. The van der Waals surface area contributed by atoms with Crippen molar-refractivity contribution < 1.29 is 9.53 Å². The minimum Gasteiger partial charge on any atom is -0.494 e. The van der Waals surface area contributed by atoms with Crippen LogP contribution in [0.4, 0.5) is 0 Å². The van der Waals surface area contributed by atoms with Crippen LogP contribution in [0.25, 0.3) is 0 Å². The van der Waals surface area contributed by atoms with E-state index in [1.807, 2.05) is 6.92 Å². The number of ether oxygens (including phenoxy) is 1. The molecule has 0 radical (unpaired) electrons. The fourth-order valence-electron chi connectivity index (χ4n) is 1.14. The molecule has 3 nitrogen and oxygen atoms in total. The van der Waals surface area contributed by atoms with Crippen LogP contribution in [0.15, 0.2) is 24.3 Å². The Hall–Kier alpha value is -1.16. The first-order chi connectivity index (χ1) is 7.27. The van der Waals surface area contributed by atoms with E-state index in [0.717, 1.165) is 5.75 Å². The summed E-state index contributed by atoms with van der Waals surface area (Å²) in [5.41, 5.74) is 0.639.